The third-order valence-electron chi connectivity index (χ3n) is 5.74. The maximum atomic E-state index is 12.6. The number of para-hydroxylation sites is 1. The van der Waals surface area contributed by atoms with E-state index >= 15 is 0 Å². The smallest absolute Gasteiger partial charge is 0.246 e. The highest BCUT2D eigenvalue weighted by Crippen LogP contribution is 2.31. The minimum absolute atomic E-state index is 0.0384. The summed E-state index contributed by atoms with van der Waals surface area (Å²) in [6.07, 6.45) is 7.16. The molecule has 1 amide bonds. The molecule has 2 aliphatic heterocycles. The summed E-state index contributed by atoms with van der Waals surface area (Å²) in [5, 5.41) is 4.37. The monoisotopic (exact) mass is 430 g/mol. The van der Waals surface area contributed by atoms with Gasteiger partial charge in [-0.1, -0.05) is 24.3 Å². The number of hydrogen-bond acceptors (Lipinski definition) is 5. The molecule has 3 heterocycles. The van der Waals surface area contributed by atoms with Gasteiger partial charge in [0.1, 0.15) is 13.2 Å². The number of piperazine rings is 1. The molecule has 0 radical (unpaired) electrons. The van der Waals surface area contributed by atoms with Crippen molar-refractivity contribution in [2.75, 3.05) is 39.4 Å². The van der Waals surface area contributed by atoms with E-state index < -0.39 is 0 Å². The van der Waals surface area contributed by atoms with Crippen molar-refractivity contribution >= 4 is 12.0 Å². The number of fused-ring (bicyclic) bond motifs is 1. The second-order valence-corrected chi connectivity index (χ2v) is 7.97. The van der Waals surface area contributed by atoms with Gasteiger partial charge in [-0.2, -0.15) is 5.10 Å². The average Bonchev–Trinajstić information content (AvgIpc) is 3.33. The van der Waals surface area contributed by atoms with Crippen molar-refractivity contribution < 1.29 is 14.3 Å². The van der Waals surface area contributed by atoms with E-state index in [-0.39, 0.29) is 5.91 Å². The number of carbonyl (C=O) groups is 1. The highest BCUT2D eigenvalue weighted by atomic mass is 16.6. The fraction of sp³-hybridized carbons (Fsp3) is 0.280. The van der Waals surface area contributed by atoms with Gasteiger partial charge in [-0.05, 0) is 35.9 Å². The van der Waals surface area contributed by atoms with Crippen LogP contribution in [-0.4, -0.2) is 64.9 Å². The minimum Gasteiger partial charge on any atom is -0.486 e. The summed E-state index contributed by atoms with van der Waals surface area (Å²) in [5.74, 6) is 1.68. The van der Waals surface area contributed by atoms with E-state index in [2.05, 4.69) is 22.1 Å². The van der Waals surface area contributed by atoms with Crippen molar-refractivity contribution in [3.05, 3.63) is 78.1 Å². The predicted octanol–water partition coefficient (Wildman–Crippen LogP) is 3.00. The van der Waals surface area contributed by atoms with E-state index in [4.69, 9.17) is 9.47 Å². The Balaban J connectivity index is 1.13. The molecule has 32 heavy (non-hydrogen) atoms. The second kappa shape index (κ2) is 9.28. The summed E-state index contributed by atoms with van der Waals surface area (Å²) in [6, 6.07) is 16.0. The third-order valence-corrected chi connectivity index (χ3v) is 5.74. The summed E-state index contributed by atoms with van der Waals surface area (Å²) in [4.78, 5) is 16.9. The van der Waals surface area contributed by atoms with Gasteiger partial charge in [0.05, 0.1) is 11.9 Å². The SMILES string of the molecule is O=C(/C=C/c1cnn(-c2ccccc2)c1)N1CCN(Cc2ccc3c(c2)OCCO3)CC1. The largest absolute Gasteiger partial charge is 0.486 e. The maximum Gasteiger partial charge on any atom is 0.246 e. The average molecular weight is 431 g/mol. The lowest BCUT2D eigenvalue weighted by molar-refractivity contribution is -0.127. The Hall–Kier alpha value is -3.58. The first-order valence-corrected chi connectivity index (χ1v) is 10.9. The molecular weight excluding hydrogens is 404 g/mol. The Kier molecular flexibility index (Phi) is 5.89. The Labute approximate surface area is 187 Å². The van der Waals surface area contributed by atoms with Gasteiger partial charge in [0, 0.05) is 50.6 Å². The van der Waals surface area contributed by atoms with Crippen LogP contribution in [0.5, 0.6) is 11.5 Å². The lowest BCUT2D eigenvalue weighted by Gasteiger charge is -2.34. The normalized spacial score (nSPS) is 16.4. The van der Waals surface area contributed by atoms with Gasteiger partial charge in [0.25, 0.3) is 0 Å². The highest BCUT2D eigenvalue weighted by molar-refractivity contribution is 5.91. The van der Waals surface area contributed by atoms with Crippen LogP contribution in [-0.2, 0) is 11.3 Å². The molecular formula is C25H26N4O3. The van der Waals surface area contributed by atoms with Gasteiger partial charge < -0.3 is 14.4 Å². The molecule has 0 spiro atoms. The fourth-order valence-corrected chi connectivity index (χ4v) is 3.99. The molecule has 1 aromatic heterocycles. The Bertz CT molecular complexity index is 1100. The van der Waals surface area contributed by atoms with Crippen molar-refractivity contribution in [2.45, 2.75) is 6.54 Å². The first kappa shape index (κ1) is 20.3. The number of rotatable bonds is 5. The third kappa shape index (κ3) is 4.68. The van der Waals surface area contributed by atoms with Crippen LogP contribution >= 0.6 is 0 Å². The molecule has 7 nitrogen and oxygen atoms in total. The van der Waals surface area contributed by atoms with Gasteiger partial charge in [-0.15, -0.1) is 0 Å². The lowest BCUT2D eigenvalue weighted by Crippen LogP contribution is -2.47. The highest BCUT2D eigenvalue weighted by Gasteiger charge is 2.20. The Morgan fingerprint density at radius 3 is 2.56 bits per heavy atom. The van der Waals surface area contributed by atoms with Crippen LogP contribution < -0.4 is 9.47 Å². The summed E-state index contributed by atoms with van der Waals surface area (Å²) in [5.41, 5.74) is 3.09. The van der Waals surface area contributed by atoms with Crippen LogP contribution in [0.1, 0.15) is 11.1 Å². The van der Waals surface area contributed by atoms with Crippen molar-refractivity contribution in [1.82, 2.24) is 19.6 Å². The van der Waals surface area contributed by atoms with Crippen molar-refractivity contribution in [1.29, 1.82) is 0 Å². The number of benzene rings is 2. The Morgan fingerprint density at radius 1 is 0.969 bits per heavy atom. The molecule has 2 aromatic carbocycles. The molecule has 0 unspecified atom stereocenters. The number of carbonyl (C=O) groups excluding carboxylic acids is 1. The molecule has 2 aliphatic rings. The molecule has 0 saturated carbocycles. The van der Waals surface area contributed by atoms with Gasteiger partial charge in [0.15, 0.2) is 11.5 Å². The van der Waals surface area contributed by atoms with Crippen molar-refractivity contribution in [2.24, 2.45) is 0 Å². The summed E-state index contributed by atoms with van der Waals surface area (Å²) >= 11 is 0. The number of ether oxygens (including phenoxy) is 2. The summed E-state index contributed by atoms with van der Waals surface area (Å²) in [7, 11) is 0. The zero-order valence-corrected chi connectivity index (χ0v) is 17.9. The van der Waals surface area contributed by atoms with E-state index in [0.29, 0.717) is 13.2 Å². The van der Waals surface area contributed by atoms with E-state index in [9.17, 15) is 4.79 Å². The number of nitrogens with zero attached hydrogens (tertiary/aromatic N) is 4. The number of amides is 1. The zero-order chi connectivity index (χ0) is 21.8. The lowest BCUT2D eigenvalue weighted by atomic mass is 10.1. The maximum absolute atomic E-state index is 12.6. The topological polar surface area (TPSA) is 59.8 Å². The van der Waals surface area contributed by atoms with E-state index in [0.717, 1.165) is 55.5 Å². The van der Waals surface area contributed by atoms with Crippen LogP contribution in [0.3, 0.4) is 0 Å². The van der Waals surface area contributed by atoms with Crippen LogP contribution in [0.25, 0.3) is 11.8 Å². The number of aromatic nitrogens is 2. The van der Waals surface area contributed by atoms with Gasteiger partial charge in [-0.3, -0.25) is 9.69 Å². The molecule has 0 aliphatic carbocycles. The van der Waals surface area contributed by atoms with Crippen molar-refractivity contribution in [3.63, 3.8) is 0 Å². The molecule has 164 valence electrons. The molecule has 0 atom stereocenters. The Morgan fingerprint density at radius 2 is 1.75 bits per heavy atom. The summed E-state index contributed by atoms with van der Waals surface area (Å²) in [6.45, 7) is 5.17. The fourth-order valence-electron chi connectivity index (χ4n) is 3.99. The quantitative estimate of drug-likeness (QED) is 0.583. The molecule has 1 saturated heterocycles. The van der Waals surface area contributed by atoms with Gasteiger partial charge >= 0.3 is 0 Å². The second-order valence-electron chi connectivity index (χ2n) is 7.97. The minimum atomic E-state index is 0.0384. The van der Waals surface area contributed by atoms with Crippen LogP contribution in [0.15, 0.2) is 67.0 Å². The summed E-state index contributed by atoms with van der Waals surface area (Å²) < 4.78 is 13.1. The van der Waals surface area contributed by atoms with Gasteiger partial charge in [0.2, 0.25) is 5.91 Å². The van der Waals surface area contributed by atoms with Crippen LogP contribution in [0, 0.1) is 0 Å². The number of hydrogen-bond donors (Lipinski definition) is 0. The first-order valence-electron chi connectivity index (χ1n) is 10.9. The zero-order valence-electron chi connectivity index (χ0n) is 17.9. The molecule has 1 fully saturated rings. The molecule has 0 bridgehead atoms. The molecule has 7 heteroatoms. The van der Waals surface area contributed by atoms with Crippen molar-refractivity contribution in [3.8, 4) is 17.2 Å². The van der Waals surface area contributed by atoms with E-state index in [1.54, 1.807) is 17.0 Å². The van der Waals surface area contributed by atoms with Crippen LogP contribution in [0.2, 0.25) is 0 Å². The molecule has 0 N–H and O–H groups in total. The van der Waals surface area contributed by atoms with Crippen LogP contribution in [0.4, 0.5) is 0 Å². The first-order chi connectivity index (χ1) is 15.7. The van der Waals surface area contributed by atoms with E-state index in [1.807, 2.05) is 53.6 Å². The van der Waals surface area contributed by atoms with Gasteiger partial charge in [-0.25, -0.2) is 4.68 Å². The van der Waals surface area contributed by atoms with E-state index in [1.165, 1.54) is 5.56 Å². The standard InChI is InChI=1S/C25H26N4O3/c30-25(9-7-21-17-26-29(19-21)22-4-2-1-3-5-22)28-12-10-27(11-13-28)18-20-6-8-23-24(16-20)32-15-14-31-23/h1-9,16-17,19H,10-15,18H2/b9-7+. The molecule has 3 aromatic rings. The molecule has 5 rings (SSSR count). The predicted molar refractivity (Wildman–Crippen MR) is 122 cm³/mol.